The molecule has 0 unspecified atom stereocenters. The van der Waals surface area contributed by atoms with Gasteiger partial charge in [0.2, 0.25) is 0 Å². The monoisotopic (exact) mass is 401 g/mol. The van der Waals surface area contributed by atoms with Crippen molar-refractivity contribution in [2.75, 3.05) is 0 Å². The van der Waals surface area contributed by atoms with Gasteiger partial charge in [-0.3, -0.25) is 0 Å². The quantitative estimate of drug-likeness (QED) is 0.357. The number of hydrogen-bond donors (Lipinski definition) is 0. The van der Waals surface area contributed by atoms with E-state index in [0.717, 1.165) is 21.9 Å². The molecular weight excluding hydrogens is 382 g/mol. The number of para-hydroxylation sites is 2. The van der Waals surface area contributed by atoms with Crippen LogP contribution in [0.3, 0.4) is 0 Å². The number of esters is 1. The lowest BCUT2D eigenvalue weighted by Gasteiger charge is -2.11. The molecule has 5 heteroatoms. The summed E-state index contributed by atoms with van der Waals surface area (Å²) in [4.78, 5) is 16.9. The van der Waals surface area contributed by atoms with E-state index in [4.69, 9.17) is 9.47 Å². The number of carbonyl (C=O) groups excluding carboxylic acids is 1. The summed E-state index contributed by atoms with van der Waals surface area (Å²) in [5, 5.41) is 2.52. The molecule has 0 aliphatic heterocycles. The Balaban J connectivity index is 1.43. The van der Waals surface area contributed by atoms with Gasteiger partial charge in [-0.25, -0.2) is 9.78 Å². The minimum absolute atomic E-state index is 0.110. The van der Waals surface area contributed by atoms with E-state index in [-0.39, 0.29) is 6.61 Å². The fourth-order valence-electron chi connectivity index (χ4n) is 2.75. The Kier molecular flexibility index (Phi) is 5.68. The summed E-state index contributed by atoms with van der Waals surface area (Å²) < 4.78 is 11.4. The molecule has 0 atom stereocenters. The molecule has 0 amide bonds. The Morgan fingerprint density at radius 2 is 1.66 bits per heavy atom. The first-order chi connectivity index (χ1) is 14.2. The van der Waals surface area contributed by atoms with E-state index in [9.17, 15) is 4.79 Å². The van der Waals surface area contributed by atoms with E-state index in [1.165, 1.54) is 16.9 Å². The fourth-order valence-corrected chi connectivity index (χ4v) is 3.55. The lowest BCUT2D eigenvalue weighted by molar-refractivity contribution is 0.0465. The van der Waals surface area contributed by atoms with Gasteiger partial charge < -0.3 is 9.47 Å². The van der Waals surface area contributed by atoms with Crippen molar-refractivity contribution in [2.45, 2.75) is 13.5 Å². The highest BCUT2D eigenvalue weighted by atomic mass is 32.1. The van der Waals surface area contributed by atoms with Crippen LogP contribution in [-0.2, 0) is 11.3 Å². The van der Waals surface area contributed by atoms with Crippen LogP contribution in [0.15, 0.2) is 84.2 Å². The van der Waals surface area contributed by atoms with Crippen LogP contribution in [-0.4, -0.2) is 11.0 Å². The van der Waals surface area contributed by atoms with Crippen LogP contribution < -0.4 is 4.74 Å². The van der Waals surface area contributed by atoms with E-state index < -0.39 is 5.97 Å². The van der Waals surface area contributed by atoms with Crippen LogP contribution >= 0.6 is 11.3 Å². The largest absolute Gasteiger partial charge is 0.457 e. The fraction of sp³-hybridized carbons (Fsp3) is 0.0833. The van der Waals surface area contributed by atoms with Gasteiger partial charge in [0.05, 0.1) is 0 Å². The second-order valence-corrected chi connectivity index (χ2v) is 7.36. The molecule has 4 rings (SSSR count). The maximum absolute atomic E-state index is 12.5. The molecule has 4 nitrogen and oxygen atoms in total. The molecular formula is C24H19NO3S. The molecule has 0 saturated heterocycles. The lowest BCUT2D eigenvalue weighted by atomic mass is 10.2. The van der Waals surface area contributed by atoms with Gasteiger partial charge in [-0.15, -0.1) is 11.3 Å². The highest BCUT2D eigenvalue weighted by Crippen LogP contribution is 2.27. The number of ether oxygens (including phenoxy) is 2. The van der Waals surface area contributed by atoms with Gasteiger partial charge in [-0.05, 0) is 25.1 Å². The van der Waals surface area contributed by atoms with Crippen molar-refractivity contribution in [2.24, 2.45) is 0 Å². The third-order valence-electron chi connectivity index (χ3n) is 4.31. The van der Waals surface area contributed by atoms with Crippen molar-refractivity contribution in [1.29, 1.82) is 0 Å². The maximum atomic E-state index is 12.5. The Morgan fingerprint density at radius 3 is 2.45 bits per heavy atom. The van der Waals surface area contributed by atoms with Crippen LogP contribution in [0.4, 0.5) is 0 Å². The molecule has 1 heterocycles. The standard InChI is InChI=1S/C24H19NO3S/c1-17-11-13-18(14-12-17)23-25-21(16-29-23)24(26)27-15-19-7-5-6-10-22(19)28-20-8-3-2-4-9-20/h2-14,16H,15H2,1H3. The smallest absolute Gasteiger partial charge is 0.358 e. The highest BCUT2D eigenvalue weighted by molar-refractivity contribution is 7.13. The van der Waals surface area contributed by atoms with Gasteiger partial charge in [-0.1, -0.05) is 66.2 Å². The first-order valence-electron chi connectivity index (χ1n) is 9.19. The Morgan fingerprint density at radius 1 is 0.931 bits per heavy atom. The molecule has 0 N–H and O–H groups in total. The molecule has 29 heavy (non-hydrogen) atoms. The molecule has 0 spiro atoms. The number of benzene rings is 3. The average Bonchev–Trinajstić information content (AvgIpc) is 3.24. The minimum Gasteiger partial charge on any atom is -0.457 e. The molecule has 0 fully saturated rings. The van der Waals surface area contributed by atoms with E-state index in [1.54, 1.807) is 5.38 Å². The molecule has 4 aromatic rings. The van der Waals surface area contributed by atoms with Crippen molar-refractivity contribution in [3.63, 3.8) is 0 Å². The SMILES string of the molecule is Cc1ccc(-c2nc(C(=O)OCc3ccccc3Oc3ccccc3)cs2)cc1. The molecule has 3 aromatic carbocycles. The third kappa shape index (κ3) is 4.70. The Bertz CT molecular complexity index is 1100. The third-order valence-corrected chi connectivity index (χ3v) is 5.21. The summed E-state index contributed by atoms with van der Waals surface area (Å²) >= 11 is 1.43. The number of hydrogen-bond acceptors (Lipinski definition) is 5. The number of aryl methyl sites for hydroxylation is 1. The summed E-state index contributed by atoms with van der Waals surface area (Å²) in [6.07, 6.45) is 0. The van der Waals surface area contributed by atoms with Gasteiger partial charge >= 0.3 is 5.97 Å². The van der Waals surface area contributed by atoms with Gasteiger partial charge in [0, 0.05) is 16.5 Å². The van der Waals surface area contributed by atoms with Crippen molar-refractivity contribution in [3.05, 3.63) is 101 Å². The van der Waals surface area contributed by atoms with Gasteiger partial charge in [-0.2, -0.15) is 0 Å². The van der Waals surface area contributed by atoms with E-state index in [2.05, 4.69) is 4.98 Å². The zero-order chi connectivity index (χ0) is 20.1. The molecule has 0 aliphatic carbocycles. The average molecular weight is 401 g/mol. The Hall–Kier alpha value is -3.44. The Labute approximate surface area is 173 Å². The van der Waals surface area contributed by atoms with Gasteiger partial charge in [0.1, 0.15) is 23.1 Å². The number of rotatable bonds is 6. The van der Waals surface area contributed by atoms with Crippen LogP contribution in [0.1, 0.15) is 21.6 Å². The summed E-state index contributed by atoms with van der Waals surface area (Å²) in [5.74, 6) is 0.938. The zero-order valence-electron chi connectivity index (χ0n) is 15.9. The maximum Gasteiger partial charge on any atom is 0.358 e. The van der Waals surface area contributed by atoms with Crippen molar-refractivity contribution < 1.29 is 14.3 Å². The van der Waals surface area contributed by atoms with E-state index in [0.29, 0.717) is 11.4 Å². The van der Waals surface area contributed by atoms with Crippen molar-refractivity contribution >= 4 is 17.3 Å². The highest BCUT2D eigenvalue weighted by Gasteiger charge is 2.15. The second-order valence-electron chi connectivity index (χ2n) is 6.50. The van der Waals surface area contributed by atoms with Crippen LogP contribution in [0, 0.1) is 6.92 Å². The summed E-state index contributed by atoms with van der Waals surface area (Å²) in [5.41, 5.74) is 3.27. The van der Waals surface area contributed by atoms with Crippen LogP contribution in [0.5, 0.6) is 11.5 Å². The lowest BCUT2D eigenvalue weighted by Crippen LogP contribution is -2.06. The minimum atomic E-state index is -0.450. The molecule has 0 bridgehead atoms. The van der Waals surface area contributed by atoms with E-state index >= 15 is 0 Å². The van der Waals surface area contributed by atoms with Crippen molar-refractivity contribution in [1.82, 2.24) is 4.98 Å². The molecule has 144 valence electrons. The summed E-state index contributed by atoms with van der Waals surface area (Å²) in [7, 11) is 0. The predicted molar refractivity (Wildman–Crippen MR) is 114 cm³/mol. The van der Waals surface area contributed by atoms with Crippen molar-refractivity contribution in [3.8, 4) is 22.1 Å². The number of aromatic nitrogens is 1. The second kappa shape index (κ2) is 8.71. The van der Waals surface area contributed by atoms with Crippen LogP contribution in [0.25, 0.3) is 10.6 Å². The first-order valence-corrected chi connectivity index (χ1v) is 10.1. The predicted octanol–water partition coefficient (Wildman–Crippen LogP) is 6.27. The first kappa shape index (κ1) is 18.9. The normalized spacial score (nSPS) is 10.5. The molecule has 0 radical (unpaired) electrons. The van der Waals surface area contributed by atoms with Crippen LogP contribution in [0.2, 0.25) is 0 Å². The molecule has 0 saturated carbocycles. The molecule has 0 aliphatic rings. The summed E-state index contributed by atoms with van der Waals surface area (Å²) in [6, 6.07) is 25.1. The van der Waals surface area contributed by atoms with Gasteiger partial charge in [0.25, 0.3) is 0 Å². The zero-order valence-corrected chi connectivity index (χ0v) is 16.7. The topological polar surface area (TPSA) is 48.4 Å². The van der Waals surface area contributed by atoms with E-state index in [1.807, 2.05) is 85.8 Å². The van der Waals surface area contributed by atoms with Gasteiger partial charge in [0.15, 0.2) is 5.69 Å². The number of carbonyl (C=O) groups is 1. The molecule has 1 aromatic heterocycles. The number of nitrogens with zero attached hydrogens (tertiary/aromatic N) is 1. The summed E-state index contributed by atoms with van der Waals surface area (Å²) in [6.45, 7) is 2.15. The number of thiazole rings is 1.